The third-order valence-electron chi connectivity index (χ3n) is 2.19. The van der Waals surface area contributed by atoms with E-state index >= 15 is 0 Å². The molecule has 5 heteroatoms. The average Bonchev–Trinajstić information content (AvgIpc) is 2.22. The lowest BCUT2D eigenvalue weighted by molar-refractivity contribution is -0.134. The van der Waals surface area contributed by atoms with Crippen LogP contribution in [0.3, 0.4) is 0 Å². The van der Waals surface area contributed by atoms with Crippen LogP contribution >= 0.6 is 0 Å². The summed E-state index contributed by atoms with van der Waals surface area (Å²) in [5.41, 5.74) is 5.56. The van der Waals surface area contributed by atoms with Crippen molar-refractivity contribution in [2.75, 3.05) is 20.1 Å². The Morgan fingerprint density at radius 1 is 1.44 bits per heavy atom. The molecule has 1 atom stereocenters. The standard InChI is InChI=1S/C11H23N3O2/c1-4-7-13-10(15)8-14(3)11(16)6-5-9(2)12/h9H,4-8,12H2,1-3H3,(H,13,15). The first-order valence-corrected chi connectivity index (χ1v) is 5.73. The van der Waals surface area contributed by atoms with Gasteiger partial charge in [-0.15, -0.1) is 0 Å². The van der Waals surface area contributed by atoms with Crippen LogP contribution in [0, 0.1) is 0 Å². The molecule has 3 N–H and O–H groups in total. The molecule has 0 saturated heterocycles. The molecule has 0 fully saturated rings. The monoisotopic (exact) mass is 229 g/mol. The van der Waals surface area contributed by atoms with E-state index in [1.54, 1.807) is 7.05 Å². The van der Waals surface area contributed by atoms with Crippen LogP contribution < -0.4 is 11.1 Å². The van der Waals surface area contributed by atoms with Gasteiger partial charge in [-0.3, -0.25) is 9.59 Å². The van der Waals surface area contributed by atoms with Gasteiger partial charge in [0.2, 0.25) is 11.8 Å². The van der Waals surface area contributed by atoms with Crippen LogP contribution in [0.2, 0.25) is 0 Å². The minimum Gasteiger partial charge on any atom is -0.355 e. The maximum atomic E-state index is 11.5. The molecule has 1 unspecified atom stereocenters. The highest BCUT2D eigenvalue weighted by atomic mass is 16.2. The Hall–Kier alpha value is -1.10. The van der Waals surface area contributed by atoms with Crippen molar-refractivity contribution in [3.05, 3.63) is 0 Å². The molecule has 0 aliphatic rings. The van der Waals surface area contributed by atoms with E-state index in [2.05, 4.69) is 5.32 Å². The van der Waals surface area contributed by atoms with Crippen LogP contribution in [0.1, 0.15) is 33.1 Å². The third kappa shape index (κ3) is 7.23. The SMILES string of the molecule is CCCNC(=O)CN(C)C(=O)CCC(C)N. The van der Waals surface area contributed by atoms with Crippen LogP contribution in [0.15, 0.2) is 0 Å². The average molecular weight is 229 g/mol. The van der Waals surface area contributed by atoms with Crippen LogP contribution in [-0.2, 0) is 9.59 Å². The minimum atomic E-state index is -0.113. The van der Waals surface area contributed by atoms with Crippen LogP contribution in [0.4, 0.5) is 0 Å². The number of nitrogens with two attached hydrogens (primary N) is 1. The van der Waals surface area contributed by atoms with E-state index in [-0.39, 0.29) is 24.4 Å². The first-order chi connectivity index (χ1) is 7.47. The van der Waals surface area contributed by atoms with Gasteiger partial charge in [-0.25, -0.2) is 0 Å². The number of carbonyl (C=O) groups is 2. The Bertz CT molecular complexity index is 229. The fourth-order valence-electron chi connectivity index (χ4n) is 1.17. The first-order valence-electron chi connectivity index (χ1n) is 5.73. The quantitative estimate of drug-likeness (QED) is 0.650. The maximum absolute atomic E-state index is 11.5. The zero-order valence-electron chi connectivity index (χ0n) is 10.5. The summed E-state index contributed by atoms with van der Waals surface area (Å²) < 4.78 is 0. The van der Waals surface area contributed by atoms with E-state index in [9.17, 15) is 9.59 Å². The summed E-state index contributed by atoms with van der Waals surface area (Å²) in [4.78, 5) is 24.3. The Labute approximate surface area is 97.4 Å². The molecule has 0 aliphatic carbocycles. The molecule has 0 aromatic rings. The molecule has 0 aromatic carbocycles. The smallest absolute Gasteiger partial charge is 0.239 e. The molecule has 0 aliphatic heterocycles. The van der Waals surface area contributed by atoms with Gasteiger partial charge in [0.25, 0.3) is 0 Å². The predicted octanol–water partition coefficient (Wildman–Crippen LogP) is 0.0984. The van der Waals surface area contributed by atoms with Crippen molar-refractivity contribution in [2.45, 2.75) is 39.2 Å². The van der Waals surface area contributed by atoms with Crippen molar-refractivity contribution in [3.63, 3.8) is 0 Å². The van der Waals surface area contributed by atoms with Gasteiger partial charge >= 0.3 is 0 Å². The highest BCUT2D eigenvalue weighted by Gasteiger charge is 2.12. The fraction of sp³-hybridized carbons (Fsp3) is 0.818. The largest absolute Gasteiger partial charge is 0.355 e. The van der Waals surface area contributed by atoms with Gasteiger partial charge in [0, 0.05) is 26.1 Å². The van der Waals surface area contributed by atoms with E-state index < -0.39 is 0 Å². The lowest BCUT2D eigenvalue weighted by Gasteiger charge is -2.17. The van der Waals surface area contributed by atoms with Gasteiger partial charge in [-0.2, -0.15) is 0 Å². The second-order valence-electron chi connectivity index (χ2n) is 4.12. The van der Waals surface area contributed by atoms with Crippen LogP contribution in [0.5, 0.6) is 0 Å². The van der Waals surface area contributed by atoms with Gasteiger partial charge in [0.1, 0.15) is 0 Å². The summed E-state index contributed by atoms with van der Waals surface area (Å²) >= 11 is 0. The molecular weight excluding hydrogens is 206 g/mol. The number of hydrogen-bond acceptors (Lipinski definition) is 3. The van der Waals surface area contributed by atoms with Crippen LogP contribution in [0.25, 0.3) is 0 Å². The van der Waals surface area contributed by atoms with Gasteiger partial charge in [0.15, 0.2) is 0 Å². The molecule has 0 saturated carbocycles. The maximum Gasteiger partial charge on any atom is 0.239 e. The molecule has 5 nitrogen and oxygen atoms in total. The predicted molar refractivity (Wildman–Crippen MR) is 63.8 cm³/mol. The van der Waals surface area contributed by atoms with Gasteiger partial charge < -0.3 is 16.0 Å². The second-order valence-corrected chi connectivity index (χ2v) is 4.12. The number of carbonyl (C=O) groups excluding carboxylic acids is 2. The van der Waals surface area contributed by atoms with E-state index in [4.69, 9.17) is 5.73 Å². The van der Waals surface area contributed by atoms with Crippen molar-refractivity contribution in [1.29, 1.82) is 0 Å². The second kappa shape index (κ2) is 8.10. The molecule has 0 rings (SSSR count). The van der Waals surface area contributed by atoms with Crippen molar-refractivity contribution in [2.24, 2.45) is 5.73 Å². The summed E-state index contributed by atoms with van der Waals surface area (Å²) in [5.74, 6) is -0.151. The van der Waals surface area contributed by atoms with Crippen LogP contribution in [-0.4, -0.2) is 42.9 Å². The molecule has 0 spiro atoms. The summed E-state index contributed by atoms with van der Waals surface area (Å²) in [7, 11) is 1.63. The molecule has 16 heavy (non-hydrogen) atoms. The highest BCUT2D eigenvalue weighted by molar-refractivity contribution is 5.84. The number of rotatable bonds is 7. The van der Waals surface area contributed by atoms with Crippen molar-refractivity contribution < 1.29 is 9.59 Å². The normalized spacial score (nSPS) is 12.0. The van der Waals surface area contributed by atoms with E-state index in [1.807, 2.05) is 13.8 Å². The van der Waals surface area contributed by atoms with Crippen molar-refractivity contribution in [3.8, 4) is 0 Å². The Morgan fingerprint density at radius 3 is 2.56 bits per heavy atom. The summed E-state index contributed by atoms with van der Waals surface area (Å²) in [5, 5.41) is 2.73. The molecule has 0 heterocycles. The number of amides is 2. The molecule has 2 amide bonds. The fourth-order valence-corrected chi connectivity index (χ4v) is 1.17. The zero-order valence-corrected chi connectivity index (χ0v) is 10.5. The topological polar surface area (TPSA) is 75.4 Å². The van der Waals surface area contributed by atoms with Gasteiger partial charge in [0.05, 0.1) is 6.54 Å². The first kappa shape index (κ1) is 14.9. The molecule has 0 bridgehead atoms. The van der Waals surface area contributed by atoms with E-state index in [0.717, 1.165) is 6.42 Å². The summed E-state index contributed by atoms with van der Waals surface area (Å²) in [6, 6.07) is 0.0197. The van der Waals surface area contributed by atoms with Gasteiger partial charge in [-0.1, -0.05) is 6.92 Å². The Morgan fingerprint density at radius 2 is 2.06 bits per heavy atom. The lowest BCUT2D eigenvalue weighted by atomic mass is 10.2. The van der Waals surface area contributed by atoms with Crippen molar-refractivity contribution in [1.82, 2.24) is 10.2 Å². The Balaban J connectivity index is 3.81. The molecule has 0 aromatic heterocycles. The number of nitrogens with zero attached hydrogens (tertiary/aromatic N) is 1. The number of hydrogen-bond donors (Lipinski definition) is 2. The van der Waals surface area contributed by atoms with E-state index in [0.29, 0.717) is 19.4 Å². The molecule has 0 radical (unpaired) electrons. The highest BCUT2D eigenvalue weighted by Crippen LogP contribution is 1.98. The van der Waals surface area contributed by atoms with Crippen molar-refractivity contribution >= 4 is 11.8 Å². The minimum absolute atomic E-state index is 0.0197. The number of nitrogens with one attached hydrogen (secondary N) is 1. The van der Waals surface area contributed by atoms with Gasteiger partial charge in [-0.05, 0) is 19.8 Å². The third-order valence-corrected chi connectivity index (χ3v) is 2.19. The van der Waals surface area contributed by atoms with E-state index in [1.165, 1.54) is 4.90 Å². The summed E-state index contributed by atoms with van der Waals surface area (Å²) in [6.07, 6.45) is 1.95. The number of likely N-dealkylation sites (N-methyl/N-ethyl adjacent to an activating group) is 1. The lowest BCUT2D eigenvalue weighted by Crippen LogP contribution is -2.38. The molecule has 94 valence electrons. The Kier molecular flexibility index (Phi) is 7.54. The zero-order chi connectivity index (χ0) is 12.6. The molecular formula is C11H23N3O2. The summed E-state index contributed by atoms with van der Waals surface area (Å²) in [6.45, 7) is 4.62.